The Bertz CT molecular complexity index is 650. The number of rotatable bonds is 7. The van der Waals surface area contributed by atoms with Crippen LogP contribution in [-0.4, -0.2) is 25.7 Å². The molecular formula is C17H18Cl2N2O2. The zero-order chi connectivity index (χ0) is 16.5. The van der Waals surface area contributed by atoms with Crippen molar-refractivity contribution in [3.8, 4) is 5.75 Å². The molecule has 2 aromatic carbocycles. The van der Waals surface area contributed by atoms with Gasteiger partial charge in [-0.25, -0.2) is 4.79 Å². The molecule has 23 heavy (non-hydrogen) atoms. The Balaban J connectivity index is 1.59. The van der Waals surface area contributed by atoms with Crippen LogP contribution in [0.5, 0.6) is 5.75 Å². The highest BCUT2D eigenvalue weighted by molar-refractivity contribution is 6.32. The van der Waals surface area contributed by atoms with E-state index in [1.54, 1.807) is 12.1 Å². The molecule has 2 N–H and O–H groups in total. The first kappa shape index (κ1) is 17.4. The number of carbonyl (C=O) groups is 1. The maximum atomic E-state index is 11.6. The van der Waals surface area contributed by atoms with Crippen molar-refractivity contribution >= 4 is 29.2 Å². The van der Waals surface area contributed by atoms with Crippen molar-refractivity contribution in [3.63, 3.8) is 0 Å². The predicted octanol–water partition coefficient (Wildman–Crippen LogP) is 3.91. The Morgan fingerprint density at radius 2 is 1.78 bits per heavy atom. The lowest BCUT2D eigenvalue weighted by Gasteiger charge is -2.10. The van der Waals surface area contributed by atoms with Crippen LogP contribution in [0.15, 0.2) is 48.5 Å². The monoisotopic (exact) mass is 352 g/mol. The van der Waals surface area contributed by atoms with Crippen molar-refractivity contribution in [1.29, 1.82) is 0 Å². The van der Waals surface area contributed by atoms with Gasteiger partial charge in [-0.1, -0.05) is 47.5 Å². The first-order valence-electron chi connectivity index (χ1n) is 7.28. The van der Waals surface area contributed by atoms with Gasteiger partial charge in [-0.2, -0.15) is 0 Å². The number of hydrogen-bond acceptors (Lipinski definition) is 2. The van der Waals surface area contributed by atoms with E-state index < -0.39 is 0 Å². The SMILES string of the molecule is O=C(NCCOc1ccccc1Cl)NCCc1cccc(Cl)c1. The second-order valence-electron chi connectivity index (χ2n) is 4.84. The maximum absolute atomic E-state index is 11.6. The Kier molecular flexibility index (Phi) is 7.04. The second kappa shape index (κ2) is 9.28. The molecule has 0 aromatic heterocycles. The van der Waals surface area contributed by atoms with Crippen molar-refractivity contribution in [2.24, 2.45) is 0 Å². The minimum atomic E-state index is -0.227. The van der Waals surface area contributed by atoms with E-state index >= 15 is 0 Å². The average Bonchev–Trinajstić information content (AvgIpc) is 2.53. The number of hydrogen-bond donors (Lipinski definition) is 2. The van der Waals surface area contributed by atoms with Gasteiger partial charge < -0.3 is 15.4 Å². The number of benzene rings is 2. The number of para-hydroxylation sites is 1. The number of halogens is 2. The lowest BCUT2D eigenvalue weighted by atomic mass is 10.1. The maximum Gasteiger partial charge on any atom is 0.314 e. The summed E-state index contributed by atoms with van der Waals surface area (Å²) in [4.78, 5) is 11.6. The van der Waals surface area contributed by atoms with Gasteiger partial charge in [0, 0.05) is 11.6 Å². The molecule has 4 nitrogen and oxygen atoms in total. The summed E-state index contributed by atoms with van der Waals surface area (Å²) in [5.74, 6) is 0.609. The standard InChI is InChI=1S/C17H18Cl2N2O2/c18-14-5-3-4-13(12-14)8-9-20-17(22)21-10-11-23-16-7-2-1-6-15(16)19/h1-7,12H,8-11H2,(H2,20,21,22). The highest BCUT2D eigenvalue weighted by Crippen LogP contribution is 2.22. The van der Waals surface area contributed by atoms with Crippen LogP contribution in [0.25, 0.3) is 0 Å². The highest BCUT2D eigenvalue weighted by atomic mass is 35.5. The van der Waals surface area contributed by atoms with Crippen molar-refractivity contribution < 1.29 is 9.53 Å². The predicted molar refractivity (Wildman–Crippen MR) is 93.5 cm³/mol. The number of carbonyl (C=O) groups excluding carboxylic acids is 1. The number of ether oxygens (including phenoxy) is 1. The largest absolute Gasteiger partial charge is 0.490 e. The molecule has 0 heterocycles. The van der Waals surface area contributed by atoms with Crippen molar-refractivity contribution in [3.05, 3.63) is 64.1 Å². The molecule has 0 aliphatic heterocycles. The van der Waals surface area contributed by atoms with E-state index in [4.69, 9.17) is 27.9 Å². The van der Waals surface area contributed by atoms with Gasteiger partial charge in [-0.15, -0.1) is 0 Å². The van der Waals surface area contributed by atoms with Crippen LogP contribution in [0.1, 0.15) is 5.56 Å². The first-order valence-corrected chi connectivity index (χ1v) is 8.04. The van der Waals surface area contributed by atoms with Crippen molar-refractivity contribution in [2.45, 2.75) is 6.42 Å². The number of amides is 2. The first-order chi connectivity index (χ1) is 11.1. The molecule has 0 bridgehead atoms. The Morgan fingerprint density at radius 3 is 2.57 bits per heavy atom. The van der Waals surface area contributed by atoms with Crippen LogP contribution in [0.4, 0.5) is 4.79 Å². The molecule has 0 unspecified atom stereocenters. The molecule has 0 saturated heterocycles. The average molecular weight is 353 g/mol. The normalized spacial score (nSPS) is 10.2. The van der Waals surface area contributed by atoms with E-state index in [1.165, 1.54) is 0 Å². The van der Waals surface area contributed by atoms with Gasteiger partial charge in [0.2, 0.25) is 0 Å². The van der Waals surface area contributed by atoms with Crippen LogP contribution in [0.2, 0.25) is 10.0 Å². The smallest absolute Gasteiger partial charge is 0.314 e. The van der Waals surface area contributed by atoms with Gasteiger partial charge in [-0.3, -0.25) is 0 Å². The molecule has 2 amide bonds. The van der Waals surface area contributed by atoms with Crippen LogP contribution in [0, 0.1) is 0 Å². The van der Waals surface area contributed by atoms with Gasteiger partial charge in [0.05, 0.1) is 11.6 Å². The van der Waals surface area contributed by atoms with E-state index in [9.17, 15) is 4.79 Å². The third kappa shape index (κ3) is 6.38. The van der Waals surface area contributed by atoms with E-state index in [1.807, 2.05) is 36.4 Å². The molecule has 0 saturated carbocycles. The molecule has 122 valence electrons. The van der Waals surface area contributed by atoms with Gasteiger partial charge >= 0.3 is 6.03 Å². The van der Waals surface area contributed by atoms with Gasteiger partial charge in [0.1, 0.15) is 12.4 Å². The quantitative estimate of drug-likeness (QED) is 0.742. The summed E-state index contributed by atoms with van der Waals surface area (Å²) < 4.78 is 5.49. The van der Waals surface area contributed by atoms with E-state index in [-0.39, 0.29) is 6.03 Å². The Morgan fingerprint density at radius 1 is 1.00 bits per heavy atom. The lowest BCUT2D eigenvalue weighted by Crippen LogP contribution is -2.38. The van der Waals surface area contributed by atoms with Crippen LogP contribution < -0.4 is 15.4 Å². The molecular weight excluding hydrogens is 335 g/mol. The zero-order valence-electron chi connectivity index (χ0n) is 12.5. The summed E-state index contributed by atoms with van der Waals surface area (Å²) in [6.45, 7) is 1.29. The summed E-state index contributed by atoms with van der Waals surface area (Å²) in [5.41, 5.74) is 1.08. The third-order valence-electron chi connectivity index (χ3n) is 3.07. The number of nitrogens with one attached hydrogen (secondary N) is 2. The van der Waals surface area contributed by atoms with E-state index in [0.29, 0.717) is 35.5 Å². The van der Waals surface area contributed by atoms with E-state index in [2.05, 4.69) is 10.6 Å². The summed E-state index contributed by atoms with van der Waals surface area (Å²) >= 11 is 11.9. The lowest BCUT2D eigenvalue weighted by molar-refractivity contribution is 0.236. The van der Waals surface area contributed by atoms with Crippen molar-refractivity contribution in [1.82, 2.24) is 10.6 Å². The molecule has 2 rings (SSSR count). The fraction of sp³-hybridized carbons (Fsp3) is 0.235. The summed E-state index contributed by atoms with van der Waals surface area (Å²) in [7, 11) is 0. The summed E-state index contributed by atoms with van der Waals surface area (Å²) in [6.07, 6.45) is 0.726. The highest BCUT2D eigenvalue weighted by Gasteiger charge is 2.02. The second-order valence-corrected chi connectivity index (χ2v) is 5.69. The minimum absolute atomic E-state index is 0.227. The molecule has 0 atom stereocenters. The Hall–Kier alpha value is -1.91. The summed E-state index contributed by atoms with van der Waals surface area (Å²) in [5, 5.41) is 6.76. The van der Waals surface area contributed by atoms with E-state index in [0.717, 1.165) is 12.0 Å². The Labute approximate surface area is 145 Å². The fourth-order valence-electron chi connectivity index (χ4n) is 1.96. The fourth-order valence-corrected chi connectivity index (χ4v) is 2.37. The topological polar surface area (TPSA) is 50.4 Å². The third-order valence-corrected chi connectivity index (χ3v) is 3.62. The van der Waals surface area contributed by atoms with Gasteiger partial charge in [0.15, 0.2) is 0 Å². The molecule has 0 spiro atoms. The summed E-state index contributed by atoms with van der Waals surface area (Å²) in [6, 6.07) is 14.6. The molecule has 6 heteroatoms. The molecule has 2 aromatic rings. The molecule has 0 aliphatic rings. The van der Waals surface area contributed by atoms with Gasteiger partial charge in [-0.05, 0) is 36.2 Å². The molecule has 0 fully saturated rings. The van der Waals surface area contributed by atoms with Crippen LogP contribution in [0.3, 0.4) is 0 Å². The minimum Gasteiger partial charge on any atom is -0.490 e. The van der Waals surface area contributed by atoms with Gasteiger partial charge in [0.25, 0.3) is 0 Å². The molecule has 0 aliphatic carbocycles. The molecule has 0 radical (unpaired) electrons. The van der Waals surface area contributed by atoms with Crippen LogP contribution in [-0.2, 0) is 6.42 Å². The van der Waals surface area contributed by atoms with Crippen molar-refractivity contribution in [2.75, 3.05) is 19.7 Å². The van der Waals surface area contributed by atoms with Crippen LogP contribution >= 0.6 is 23.2 Å². The zero-order valence-corrected chi connectivity index (χ0v) is 14.0. The number of urea groups is 1.